The van der Waals surface area contributed by atoms with E-state index >= 15 is 0 Å². The Morgan fingerprint density at radius 1 is 0.628 bits per heavy atom. The number of oxime groups is 1. The molecule has 4 aromatic carbocycles. The van der Waals surface area contributed by atoms with Gasteiger partial charge in [0.05, 0.1) is 45.8 Å². The van der Waals surface area contributed by atoms with Crippen LogP contribution in [-0.4, -0.2) is 38.7 Å². The van der Waals surface area contributed by atoms with Crippen LogP contribution in [0.2, 0.25) is 0 Å². The van der Waals surface area contributed by atoms with Gasteiger partial charge in [-0.3, -0.25) is 9.97 Å². The van der Waals surface area contributed by atoms with E-state index in [2.05, 4.69) is 25.1 Å². The van der Waals surface area contributed by atoms with E-state index in [0.29, 0.717) is 34.2 Å². The van der Waals surface area contributed by atoms with Crippen molar-refractivity contribution in [1.29, 1.82) is 0 Å². The van der Waals surface area contributed by atoms with E-state index < -0.39 is 5.97 Å². The van der Waals surface area contributed by atoms with Crippen molar-refractivity contribution in [2.24, 2.45) is 5.16 Å². The molecule has 0 aliphatic heterocycles. The Morgan fingerprint density at radius 2 is 1.09 bits per heavy atom. The second-order valence-corrected chi connectivity index (χ2v) is 9.29. The van der Waals surface area contributed by atoms with Gasteiger partial charge in [0.15, 0.2) is 5.71 Å². The summed E-state index contributed by atoms with van der Waals surface area (Å²) in [4.78, 5) is 35.8. The van der Waals surface area contributed by atoms with Gasteiger partial charge in [0, 0.05) is 5.56 Å². The van der Waals surface area contributed by atoms with Gasteiger partial charge in [0.2, 0.25) is 0 Å². The minimum absolute atomic E-state index is 0.00431. The van der Waals surface area contributed by atoms with Crippen LogP contribution in [0, 0.1) is 0 Å². The minimum Gasteiger partial charge on any atom is -0.487 e. The van der Waals surface area contributed by atoms with Crippen molar-refractivity contribution < 1.29 is 23.8 Å². The van der Waals surface area contributed by atoms with E-state index in [1.54, 1.807) is 60.9 Å². The standard InChI is InChI=1S/C33H25N5O5/c1-40-38-32(22-10-12-25(13-11-22)41-20-23-18-34-28-6-2-4-8-30(28)36-23)33(39)43-27-16-14-26(15-17-27)42-21-24-19-35-29-7-3-5-9-31(29)37-24/h2-19H,20-21H2,1H3. The Morgan fingerprint density at radius 3 is 1.60 bits per heavy atom. The molecule has 212 valence electrons. The van der Waals surface area contributed by atoms with Gasteiger partial charge in [-0.05, 0) is 72.8 Å². The summed E-state index contributed by atoms with van der Waals surface area (Å²) in [5.41, 5.74) is 5.16. The van der Waals surface area contributed by atoms with Gasteiger partial charge in [-0.15, -0.1) is 0 Å². The molecule has 10 nitrogen and oxygen atoms in total. The molecule has 0 radical (unpaired) electrons. The maximum Gasteiger partial charge on any atom is 0.366 e. The highest BCUT2D eigenvalue weighted by Gasteiger charge is 2.18. The van der Waals surface area contributed by atoms with Crippen LogP contribution in [0.3, 0.4) is 0 Å². The number of ether oxygens (including phenoxy) is 3. The number of fused-ring (bicyclic) bond motifs is 2. The zero-order valence-corrected chi connectivity index (χ0v) is 23.1. The first-order valence-electron chi connectivity index (χ1n) is 13.4. The molecule has 0 aliphatic carbocycles. The van der Waals surface area contributed by atoms with E-state index in [9.17, 15) is 4.79 Å². The molecule has 10 heteroatoms. The lowest BCUT2D eigenvalue weighted by Gasteiger charge is -2.10. The first-order valence-corrected chi connectivity index (χ1v) is 13.4. The molecule has 0 saturated carbocycles. The maximum atomic E-state index is 13.0. The zero-order valence-electron chi connectivity index (χ0n) is 23.1. The molecule has 0 unspecified atom stereocenters. The molecule has 0 N–H and O–H groups in total. The molecular weight excluding hydrogens is 546 g/mol. The van der Waals surface area contributed by atoms with Crippen molar-refractivity contribution in [1.82, 2.24) is 19.9 Å². The van der Waals surface area contributed by atoms with Crippen molar-refractivity contribution in [3.05, 3.63) is 126 Å². The van der Waals surface area contributed by atoms with E-state index in [4.69, 9.17) is 19.0 Å². The number of aromatic nitrogens is 4. The highest BCUT2D eigenvalue weighted by molar-refractivity contribution is 6.43. The van der Waals surface area contributed by atoms with Crippen LogP contribution in [0.1, 0.15) is 17.0 Å². The molecule has 0 saturated heterocycles. The van der Waals surface area contributed by atoms with Crippen LogP contribution in [0.15, 0.2) is 115 Å². The largest absolute Gasteiger partial charge is 0.487 e. The van der Waals surface area contributed by atoms with Crippen molar-refractivity contribution in [3.8, 4) is 17.2 Å². The lowest BCUT2D eigenvalue weighted by molar-refractivity contribution is -0.127. The number of rotatable bonds is 10. The molecule has 0 bridgehead atoms. The van der Waals surface area contributed by atoms with E-state index in [1.807, 2.05) is 48.5 Å². The number of nitrogens with zero attached hydrogens (tertiary/aromatic N) is 5. The smallest absolute Gasteiger partial charge is 0.366 e. The average molecular weight is 572 g/mol. The first-order chi connectivity index (χ1) is 21.1. The Balaban J connectivity index is 1.05. The van der Waals surface area contributed by atoms with Gasteiger partial charge in [-0.1, -0.05) is 29.4 Å². The molecule has 2 heterocycles. The number of esters is 1. The van der Waals surface area contributed by atoms with Crippen LogP contribution in [0.5, 0.6) is 17.2 Å². The van der Waals surface area contributed by atoms with Gasteiger partial charge in [-0.2, -0.15) is 0 Å². The molecule has 0 amide bonds. The predicted molar refractivity (Wildman–Crippen MR) is 160 cm³/mol. The third-order valence-corrected chi connectivity index (χ3v) is 6.31. The first kappa shape index (κ1) is 27.3. The lowest BCUT2D eigenvalue weighted by atomic mass is 10.1. The Labute approximate surface area is 246 Å². The van der Waals surface area contributed by atoms with Crippen molar-refractivity contribution in [2.75, 3.05) is 7.11 Å². The van der Waals surface area contributed by atoms with Crippen LogP contribution < -0.4 is 14.2 Å². The fraction of sp³-hybridized carbons (Fsp3) is 0.0909. The third kappa shape index (κ3) is 6.71. The normalized spacial score (nSPS) is 11.3. The highest BCUT2D eigenvalue weighted by Crippen LogP contribution is 2.21. The van der Waals surface area contributed by atoms with Gasteiger partial charge < -0.3 is 19.0 Å². The van der Waals surface area contributed by atoms with Gasteiger partial charge in [-0.25, -0.2) is 14.8 Å². The summed E-state index contributed by atoms with van der Waals surface area (Å²) in [7, 11) is 1.36. The number of hydrogen-bond acceptors (Lipinski definition) is 10. The molecule has 2 aromatic heterocycles. The second kappa shape index (κ2) is 12.7. The lowest BCUT2D eigenvalue weighted by Crippen LogP contribution is -2.22. The van der Waals surface area contributed by atoms with Gasteiger partial charge in [0.25, 0.3) is 0 Å². The summed E-state index contributed by atoms with van der Waals surface area (Å²) in [6.07, 6.45) is 3.38. The molecule has 6 aromatic rings. The quantitative estimate of drug-likeness (QED) is 0.0885. The van der Waals surface area contributed by atoms with E-state index in [0.717, 1.165) is 22.1 Å². The third-order valence-electron chi connectivity index (χ3n) is 6.31. The van der Waals surface area contributed by atoms with Crippen molar-refractivity contribution >= 4 is 33.7 Å². The van der Waals surface area contributed by atoms with Crippen LogP contribution in [-0.2, 0) is 22.8 Å². The summed E-state index contributed by atoms with van der Waals surface area (Å²) in [5.74, 6) is 0.824. The zero-order chi connectivity index (χ0) is 29.4. The Hall–Kier alpha value is -5.90. The van der Waals surface area contributed by atoms with Gasteiger partial charge in [0.1, 0.15) is 37.6 Å². The number of carbonyl (C=O) groups is 1. The molecule has 0 fully saturated rings. The monoisotopic (exact) mass is 571 g/mol. The van der Waals surface area contributed by atoms with Crippen molar-refractivity contribution in [3.63, 3.8) is 0 Å². The van der Waals surface area contributed by atoms with Crippen LogP contribution >= 0.6 is 0 Å². The molecule has 0 atom stereocenters. The summed E-state index contributed by atoms with van der Waals surface area (Å²) in [6.45, 7) is 0.491. The Bertz CT molecular complexity index is 1910. The Kier molecular flexibility index (Phi) is 8.08. The number of carbonyl (C=O) groups excluding carboxylic acids is 1. The second-order valence-electron chi connectivity index (χ2n) is 9.29. The summed E-state index contributed by atoms with van der Waals surface area (Å²) in [5, 5.41) is 3.89. The summed E-state index contributed by atoms with van der Waals surface area (Å²) in [6, 6.07) is 28.8. The number of para-hydroxylation sites is 4. The SMILES string of the molecule is CON=C(C(=O)Oc1ccc(OCc2cnc3ccccc3n2)cc1)c1ccc(OCc2cnc3ccccc3n2)cc1. The predicted octanol–water partition coefficient (Wildman–Crippen LogP) is 5.69. The molecular formula is C33H25N5O5. The summed E-state index contributed by atoms with van der Waals surface area (Å²) < 4.78 is 17.2. The average Bonchev–Trinajstić information content (AvgIpc) is 3.06. The van der Waals surface area contributed by atoms with Crippen LogP contribution in [0.4, 0.5) is 0 Å². The molecule has 0 spiro atoms. The minimum atomic E-state index is -0.679. The summed E-state index contributed by atoms with van der Waals surface area (Å²) >= 11 is 0. The number of benzene rings is 4. The van der Waals surface area contributed by atoms with Crippen LogP contribution in [0.25, 0.3) is 22.1 Å². The fourth-order valence-corrected chi connectivity index (χ4v) is 4.21. The van der Waals surface area contributed by atoms with Gasteiger partial charge >= 0.3 is 5.97 Å². The number of hydrogen-bond donors (Lipinski definition) is 0. The topological polar surface area (TPSA) is 118 Å². The fourth-order valence-electron chi connectivity index (χ4n) is 4.21. The van der Waals surface area contributed by atoms with E-state index in [1.165, 1.54) is 7.11 Å². The van der Waals surface area contributed by atoms with E-state index in [-0.39, 0.29) is 18.9 Å². The van der Waals surface area contributed by atoms with Crippen molar-refractivity contribution in [2.45, 2.75) is 13.2 Å². The molecule has 0 aliphatic rings. The molecule has 6 rings (SSSR count). The maximum absolute atomic E-state index is 13.0. The highest BCUT2D eigenvalue weighted by atomic mass is 16.6. The molecule has 43 heavy (non-hydrogen) atoms.